The van der Waals surface area contributed by atoms with Gasteiger partial charge in [0.1, 0.15) is 12.6 Å². The van der Waals surface area contributed by atoms with Gasteiger partial charge in [-0.1, -0.05) is 55.5 Å². The molecule has 0 heterocycles. The van der Waals surface area contributed by atoms with Crippen molar-refractivity contribution >= 4 is 18.0 Å². The van der Waals surface area contributed by atoms with Gasteiger partial charge in [-0.3, -0.25) is 9.59 Å². The topological polar surface area (TPSA) is 95.9 Å². The van der Waals surface area contributed by atoms with Gasteiger partial charge in [0.15, 0.2) is 0 Å². The Balaban J connectivity index is 1.41. The summed E-state index contributed by atoms with van der Waals surface area (Å²) in [4.78, 5) is 37.6. The number of aliphatic carboxylic acids is 1. The van der Waals surface area contributed by atoms with Crippen molar-refractivity contribution in [2.45, 2.75) is 37.6 Å². The number of hydrogen-bond donors (Lipinski definition) is 2. The van der Waals surface area contributed by atoms with E-state index in [0.717, 1.165) is 27.2 Å². The van der Waals surface area contributed by atoms with Gasteiger partial charge in [0, 0.05) is 25.9 Å². The van der Waals surface area contributed by atoms with Gasteiger partial charge in [0.2, 0.25) is 5.91 Å². The van der Waals surface area contributed by atoms with Crippen molar-refractivity contribution in [2.75, 3.05) is 20.2 Å². The summed E-state index contributed by atoms with van der Waals surface area (Å²) in [6.45, 7) is 1.11. The summed E-state index contributed by atoms with van der Waals surface area (Å²) in [5, 5.41) is 11.5. The lowest BCUT2D eigenvalue weighted by atomic mass is 9.98. The zero-order chi connectivity index (χ0) is 24.7. The van der Waals surface area contributed by atoms with E-state index in [-0.39, 0.29) is 25.5 Å². The number of carboxylic acids is 1. The standard InChI is InChI=1S/C25H26F2N2O5/c1-24(13-25(24,26)27)14-29(2)22(32)20(11-21(30)31)28-23(33)34-12-19-17-9-5-3-7-15(17)16-8-4-6-10-18(16)19/h3-10,19-20H,11-14H2,1-2H3,(H,28,33)(H,30,31). The first-order valence-corrected chi connectivity index (χ1v) is 11.0. The number of alkyl halides is 2. The third kappa shape index (κ3) is 4.47. The molecule has 2 N–H and O–H groups in total. The fourth-order valence-corrected chi connectivity index (χ4v) is 4.64. The molecule has 2 amide bonds. The molecule has 0 bridgehead atoms. The molecule has 2 unspecified atom stereocenters. The quantitative estimate of drug-likeness (QED) is 0.608. The van der Waals surface area contributed by atoms with Crippen LogP contribution in [0.1, 0.15) is 36.8 Å². The Morgan fingerprint density at radius 2 is 1.65 bits per heavy atom. The van der Waals surface area contributed by atoms with Crippen LogP contribution >= 0.6 is 0 Å². The van der Waals surface area contributed by atoms with Gasteiger partial charge in [-0.25, -0.2) is 13.6 Å². The summed E-state index contributed by atoms with van der Waals surface area (Å²) in [5.41, 5.74) is 2.77. The zero-order valence-corrected chi connectivity index (χ0v) is 18.9. The summed E-state index contributed by atoms with van der Waals surface area (Å²) < 4.78 is 32.5. The number of nitrogens with one attached hydrogen (secondary N) is 1. The Labute approximate surface area is 195 Å². The van der Waals surface area contributed by atoms with Crippen molar-refractivity contribution in [3.05, 3.63) is 59.7 Å². The minimum atomic E-state index is -2.87. The van der Waals surface area contributed by atoms with E-state index >= 15 is 0 Å². The predicted octanol–water partition coefficient (Wildman–Crippen LogP) is 3.87. The lowest BCUT2D eigenvalue weighted by Crippen LogP contribution is -2.50. The summed E-state index contributed by atoms with van der Waals surface area (Å²) in [5.74, 6) is -5.15. The Hall–Kier alpha value is -3.49. The highest BCUT2D eigenvalue weighted by Gasteiger charge is 2.68. The maximum Gasteiger partial charge on any atom is 0.407 e. The highest BCUT2D eigenvalue weighted by atomic mass is 19.3. The second-order valence-corrected chi connectivity index (χ2v) is 9.26. The number of carboxylic acid groups (broad SMARTS) is 1. The highest BCUT2D eigenvalue weighted by molar-refractivity contribution is 5.89. The molecule has 4 rings (SSSR count). The molecule has 2 atom stereocenters. The van der Waals surface area contributed by atoms with E-state index in [1.807, 2.05) is 48.5 Å². The van der Waals surface area contributed by atoms with Crippen molar-refractivity contribution in [2.24, 2.45) is 5.41 Å². The largest absolute Gasteiger partial charge is 0.481 e. The lowest BCUT2D eigenvalue weighted by Gasteiger charge is -2.26. The zero-order valence-electron chi connectivity index (χ0n) is 18.9. The fourth-order valence-electron chi connectivity index (χ4n) is 4.64. The Morgan fingerprint density at radius 3 is 2.15 bits per heavy atom. The molecule has 2 aromatic rings. The SMILES string of the molecule is CN(CC1(C)CC1(F)F)C(=O)C(CC(=O)O)NC(=O)OCC1c2ccccc2-c2ccccc21. The number of rotatable bonds is 8. The second-order valence-electron chi connectivity index (χ2n) is 9.26. The maximum absolute atomic E-state index is 13.6. The van der Waals surface area contributed by atoms with Crippen LogP contribution in [0.2, 0.25) is 0 Å². The molecule has 2 aliphatic rings. The van der Waals surface area contributed by atoms with Crippen LogP contribution in [0.3, 0.4) is 0 Å². The number of halogens is 2. The number of ether oxygens (including phenoxy) is 1. The summed E-state index contributed by atoms with van der Waals surface area (Å²) in [6, 6.07) is 14.1. The average molecular weight is 472 g/mol. The van der Waals surface area contributed by atoms with E-state index < -0.39 is 41.8 Å². The summed E-state index contributed by atoms with van der Waals surface area (Å²) in [7, 11) is 1.32. The first-order valence-electron chi connectivity index (χ1n) is 11.0. The number of benzene rings is 2. The Kier molecular flexibility index (Phi) is 6.05. The number of amides is 2. The molecule has 0 aromatic heterocycles. The number of carbonyl (C=O) groups is 3. The molecule has 0 aliphatic heterocycles. The average Bonchev–Trinajstić information content (AvgIpc) is 3.12. The highest BCUT2D eigenvalue weighted by Crippen LogP contribution is 2.60. The number of likely N-dealkylation sites (N-methyl/N-ethyl adjacent to an activating group) is 1. The van der Waals surface area contributed by atoms with Crippen LogP contribution in [0.5, 0.6) is 0 Å². The van der Waals surface area contributed by atoms with Crippen LogP contribution < -0.4 is 5.32 Å². The van der Waals surface area contributed by atoms with Crippen molar-refractivity contribution in [1.29, 1.82) is 0 Å². The lowest BCUT2D eigenvalue weighted by molar-refractivity contribution is -0.142. The van der Waals surface area contributed by atoms with E-state index in [9.17, 15) is 28.3 Å². The monoisotopic (exact) mass is 472 g/mol. The molecule has 0 saturated heterocycles. The Bertz CT molecular complexity index is 1090. The first kappa shape index (κ1) is 23.7. The van der Waals surface area contributed by atoms with Gasteiger partial charge in [-0.2, -0.15) is 0 Å². The van der Waals surface area contributed by atoms with E-state index in [0.29, 0.717) is 0 Å². The third-order valence-electron chi connectivity index (χ3n) is 6.65. The molecule has 7 nitrogen and oxygen atoms in total. The van der Waals surface area contributed by atoms with Crippen LogP contribution in [0.25, 0.3) is 11.1 Å². The number of fused-ring (bicyclic) bond motifs is 3. The van der Waals surface area contributed by atoms with Crippen molar-refractivity contribution in [3.63, 3.8) is 0 Å². The summed E-state index contributed by atoms with van der Waals surface area (Å²) in [6.07, 6.45) is -1.99. The number of alkyl carbamates (subject to hydrolysis) is 1. The molecule has 2 aliphatic carbocycles. The van der Waals surface area contributed by atoms with E-state index in [2.05, 4.69) is 5.32 Å². The minimum absolute atomic E-state index is 0.00598. The van der Waals surface area contributed by atoms with Crippen LogP contribution in [0.4, 0.5) is 13.6 Å². The maximum atomic E-state index is 13.6. The third-order valence-corrected chi connectivity index (χ3v) is 6.65. The predicted molar refractivity (Wildman–Crippen MR) is 120 cm³/mol. The van der Waals surface area contributed by atoms with Crippen LogP contribution in [0, 0.1) is 5.41 Å². The van der Waals surface area contributed by atoms with Crippen LogP contribution in [0.15, 0.2) is 48.5 Å². The van der Waals surface area contributed by atoms with Gasteiger partial charge in [-0.15, -0.1) is 0 Å². The van der Waals surface area contributed by atoms with E-state index in [1.54, 1.807) is 0 Å². The molecule has 2 aromatic carbocycles. The fraction of sp³-hybridized carbons (Fsp3) is 0.400. The van der Waals surface area contributed by atoms with Crippen molar-refractivity contribution in [3.8, 4) is 11.1 Å². The van der Waals surface area contributed by atoms with Crippen molar-refractivity contribution < 1.29 is 33.0 Å². The number of carbonyl (C=O) groups excluding carboxylic acids is 2. The number of hydrogen-bond acceptors (Lipinski definition) is 4. The van der Waals surface area contributed by atoms with Crippen LogP contribution in [-0.2, 0) is 14.3 Å². The van der Waals surface area contributed by atoms with Gasteiger partial charge < -0.3 is 20.1 Å². The van der Waals surface area contributed by atoms with Gasteiger partial charge in [0.25, 0.3) is 5.92 Å². The molecule has 34 heavy (non-hydrogen) atoms. The molecule has 1 fully saturated rings. The normalized spacial score (nSPS) is 20.6. The minimum Gasteiger partial charge on any atom is -0.481 e. The molecule has 0 radical (unpaired) electrons. The summed E-state index contributed by atoms with van der Waals surface area (Å²) >= 11 is 0. The molecular formula is C25H26F2N2O5. The Morgan fingerprint density at radius 1 is 1.12 bits per heavy atom. The smallest absolute Gasteiger partial charge is 0.407 e. The van der Waals surface area contributed by atoms with Gasteiger partial charge in [0.05, 0.1) is 11.8 Å². The molecule has 1 saturated carbocycles. The molecular weight excluding hydrogens is 446 g/mol. The van der Waals surface area contributed by atoms with Gasteiger partial charge >= 0.3 is 12.1 Å². The van der Waals surface area contributed by atoms with Crippen LogP contribution in [-0.4, -0.2) is 60.1 Å². The van der Waals surface area contributed by atoms with E-state index in [1.165, 1.54) is 14.0 Å². The second kappa shape index (κ2) is 8.70. The first-order chi connectivity index (χ1) is 16.0. The molecule has 9 heteroatoms. The van der Waals surface area contributed by atoms with Gasteiger partial charge in [-0.05, 0) is 22.3 Å². The van der Waals surface area contributed by atoms with E-state index in [4.69, 9.17) is 4.74 Å². The molecule has 180 valence electrons. The van der Waals surface area contributed by atoms with Crippen molar-refractivity contribution in [1.82, 2.24) is 10.2 Å². The molecule has 0 spiro atoms. The number of nitrogens with zero attached hydrogens (tertiary/aromatic N) is 1.